The molecule has 0 bridgehead atoms. The highest BCUT2D eigenvalue weighted by Gasteiger charge is 2.40. The molecule has 0 nitrogen and oxygen atoms in total. The van der Waals surface area contributed by atoms with Crippen LogP contribution in [0.3, 0.4) is 0 Å². The highest BCUT2D eigenvalue weighted by Crippen LogP contribution is 2.59. The SMILES string of the molecule is C1=CC2Sc3c(ccc4c3SC3C=CC(c5cccc(-c6cccc(-c7ccccc7)c6)c5)=CC43)C2C=C1c1cccc(-c2cccc(-c3ccccc3)c2)c1. The van der Waals surface area contributed by atoms with Crippen molar-refractivity contribution in [3.05, 3.63) is 229 Å². The number of benzene rings is 7. The van der Waals surface area contributed by atoms with E-state index in [1.165, 1.54) is 87.7 Å². The molecule has 2 heterocycles. The van der Waals surface area contributed by atoms with Crippen LogP contribution in [0.1, 0.15) is 34.1 Å². The molecule has 0 aromatic heterocycles. The first-order chi connectivity index (χ1) is 27.7. The van der Waals surface area contributed by atoms with Crippen LogP contribution < -0.4 is 0 Å². The van der Waals surface area contributed by atoms with Crippen molar-refractivity contribution >= 4 is 34.7 Å². The number of thioether (sulfide) groups is 2. The molecule has 4 aliphatic rings. The quantitative estimate of drug-likeness (QED) is 0.166. The van der Waals surface area contributed by atoms with Crippen molar-refractivity contribution in [1.29, 1.82) is 0 Å². The Morgan fingerprint density at radius 1 is 0.304 bits per heavy atom. The standard InChI is InChI=1S/C54H38S2/c1-3-11-35(12-4-1)37-15-7-17-39(29-37)41-19-9-21-43(31-41)45-23-27-51-49(33-45)47-25-26-48-50-34-46(24-28-52(50)56-54(48)53(47)55-51)44-22-10-20-42(32-44)40-18-8-16-38(30-40)36-13-5-2-6-14-36/h1-34,49-52H. The molecule has 4 unspecified atom stereocenters. The monoisotopic (exact) mass is 750 g/mol. The minimum Gasteiger partial charge on any atom is -0.116 e. The third-order valence-electron chi connectivity index (χ3n) is 11.8. The van der Waals surface area contributed by atoms with Gasteiger partial charge in [0.15, 0.2) is 0 Å². The van der Waals surface area contributed by atoms with E-state index in [1.807, 2.05) is 0 Å². The van der Waals surface area contributed by atoms with Crippen LogP contribution in [0.4, 0.5) is 0 Å². The minimum atomic E-state index is 0.373. The second kappa shape index (κ2) is 14.0. The maximum absolute atomic E-state index is 2.53. The largest absolute Gasteiger partial charge is 0.116 e. The zero-order valence-corrected chi connectivity index (χ0v) is 32.4. The molecule has 56 heavy (non-hydrogen) atoms. The Morgan fingerprint density at radius 2 is 0.625 bits per heavy atom. The Balaban J connectivity index is 0.864. The summed E-state index contributed by atoms with van der Waals surface area (Å²) in [5.74, 6) is 0.747. The van der Waals surface area contributed by atoms with E-state index in [-0.39, 0.29) is 0 Å². The number of allylic oxidation sites excluding steroid dienone is 6. The second-order valence-electron chi connectivity index (χ2n) is 15.1. The lowest BCUT2D eigenvalue weighted by Crippen LogP contribution is -2.09. The predicted molar refractivity (Wildman–Crippen MR) is 240 cm³/mol. The molecule has 2 heteroatoms. The summed E-state index contributed by atoms with van der Waals surface area (Å²) in [5, 5.41) is 0.859. The van der Waals surface area contributed by atoms with E-state index in [1.54, 1.807) is 0 Å². The molecule has 2 aliphatic carbocycles. The van der Waals surface area contributed by atoms with Crippen molar-refractivity contribution in [2.75, 3.05) is 0 Å². The molecule has 4 atom stereocenters. The summed E-state index contributed by atoms with van der Waals surface area (Å²) in [6.07, 6.45) is 14.7. The van der Waals surface area contributed by atoms with Gasteiger partial charge in [-0.15, -0.1) is 23.5 Å². The van der Waals surface area contributed by atoms with E-state index in [2.05, 4.69) is 230 Å². The summed E-state index contributed by atoms with van der Waals surface area (Å²) in [6.45, 7) is 0. The normalized spacial score (nSPS) is 20.1. The van der Waals surface area contributed by atoms with Crippen LogP contribution in [0.25, 0.3) is 55.7 Å². The lowest BCUT2D eigenvalue weighted by molar-refractivity contribution is 0.851. The molecule has 7 aromatic carbocycles. The smallest absolute Gasteiger partial charge is 0.0382 e. The van der Waals surface area contributed by atoms with Gasteiger partial charge in [0, 0.05) is 32.1 Å². The van der Waals surface area contributed by atoms with Crippen molar-refractivity contribution in [3.63, 3.8) is 0 Å². The molecular formula is C54H38S2. The van der Waals surface area contributed by atoms with Crippen molar-refractivity contribution in [2.24, 2.45) is 0 Å². The zero-order valence-electron chi connectivity index (χ0n) is 30.8. The molecule has 0 radical (unpaired) electrons. The Labute approximate surface area is 338 Å². The first-order valence-corrected chi connectivity index (χ1v) is 21.3. The third kappa shape index (κ3) is 6.05. The molecule has 11 rings (SSSR count). The van der Waals surface area contributed by atoms with Gasteiger partial charge >= 0.3 is 0 Å². The average molecular weight is 751 g/mol. The number of hydrogen-bond donors (Lipinski definition) is 0. The molecule has 0 spiro atoms. The van der Waals surface area contributed by atoms with Crippen LogP contribution in [0.5, 0.6) is 0 Å². The van der Waals surface area contributed by atoms with Crippen LogP contribution in [0, 0.1) is 0 Å². The Hall–Kier alpha value is -5.80. The van der Waals surface area contributed by atoms with Crippen molar-refractivity contribution in [3.8, 4) is 44.5 Å². The fourth-order valence-corrected chi connectivity index (χ4v) is 11.9. The number of fused-ring (bicyclic) bond motifs is 7. The lowest BCUT2D eigenvalue weighted by atomic mass is 9.84. The van der Waals surface area contributed by atoms with Crippen molar-refractivity contribution < 1.29 is 0 Å². The Kier molecular flexibility index (Phi) is 8.41. The maximum Gasteiger partial charge on any atom is 0.0382 e. The van der Waals surface area contributed by atoms with E-state index in [4.69, 9.17) is 0 Å². The van der Waals surface area contributed by atoms with Crippen molar-refractivity contribution in [1.82, 2.24) is 0 Å². The van der Waals surface area contributed by atoms with Gasteiger partial charge in [0.1, 0.15) is 0 Å². The molecule has 0 saturated heterocycles. The summed E-state index contributed by atoms with van der Waals surface area (Å²) in [7, 11) is 0. The lowest BCUT2D eigenvalue weighted by Gasteiger charge is -2.20. The fourth-order valence-electron chi connectivity index (χ4n) is 8.88. The van der Waals surface area contributed by atoms with Gasteiger partial charge in [-0.25, -0.2) is 0 Å². The van der Waals surface area contributed by atoms with E-state index in [0.29, 0.717) is 22.3 Å². The van der Waals surface area contributed by atoms with Crippen LogP contribution in [0.2, 0.25) is 0 Å². The van der Waals surface area contributed by atoms with Gasteiger partial charge < -0.3 is 0 Å². The summed E-state index contributed by atoms with van der Waals surface area (Å²) >= 11 is 4.13. The van der Waals surface area contributed by atoms with Crippen molar-refractivity contribution in [2.45, 2.75) is 32.1 Å². The Bertz CT molecular complexity index is 2580. The molecule has 0 saturated carbocycles. The predicted octanol–water partition coefficient (Wildman–Crippen LogP) is 14.8. The number of rotatable bonds is 6. The van der Waals surface area contributed by atoms with Crippen LogP contribution in [-0.2, 0) is 0 Å². The highest BCUT2D eigenvalue weighted by atomic mass is 32.2. The molecule has 0 amide bonds. The minimum absolute atomic E-state index is 0.373. The van der Waals surface area contributed by atoms with Crippen LogP contribution >= 0.6 is 23.5 Å². The van der Waals surface area contributed by atoms with Gasteiger partial charge in [-0.3, -0.25) is 0 Å². The van der Waals surface area contributed by atoms with Gasteiger partial charge in [-0.05, 0) is 102 Å². The summed E-state index contributed by atoms with van der Waals surface area (Å²) in [4.78, 5) is 2.99. The highest BCUT2D eigenvalue weighted by molar-refractivity contribution is 8.03. The molecule has 0 N–H and O–H groups in total. The second-order valence-corrected chi connectivity index (χ2v) is 17.5. The fraction of sp³-hybridized carbons (Fsp3) is 0.0741. The summed E-state index contributed by atoms with van der Waals surface area (Å²) in [6, 6.07) is 62.1. The van der Waals surface area contributed by atoms with E-state index in [0.717, 1.165) is 0 Å². The van der Waals surface area contributed by atoms with E-state index in [9.17, 15) is 0 Å². The van der Waals surface area contributed by atoms with Gasteiger partial charge in [0.05, 0.1) is 0 Å². The first-order valence-electron chi connectivity index (χ1n) is 19.5. The molecule has 7 aromatic rings. The van der Waals surface area contributed by atoms with E-state index < -0.39 is 0 Å². The number of hydrogen-bond acceptors (Lipinski definition) is 2. The molecule has 0 fully saturated rings. The first kappa shape index (κ1) is 33.5. The zero-order chi connectivity index (χ0) is 37.0. The molecule has 2 aliphatic heterocycles. The molecule has 266 valence electrons. The maximum atomic E-state index is 2.53. The van der Waals surface area contributed by atoms with Gasteiger partial charge in [0.25, 0.3) is 0 Å². The van der Waals surface area contributed by atoms with Gasteiger partial charge in [-0.2, -0.15) is 0 Å². The van der Waals surface area contributed by atoms with Crippen LogP contribution in [0.15, 0.2) is 216 Å². The van der Waals surface area contributed by atoms with E-state index >= 15 is 0 Å². The van der Waals surface area contributed by atoms with Gasteiger partial charge in [-0.1, -0.05) is 182 Å². The topological polar surface area (TPSA) is 0 Å². The van der Waals surface area contributed by atoms with Crippen LogP contribution in [-0.4, -0.2) is 10.5 Å². The molecular weight excluding hydrogens is 713 g/mol. The average Bonchev–Trinajstić information content (AvgIpc) is 3.85. The van der Waals surface area contributed by atoms with Gasteiger partial charge in [0.2, 0.25) is 0 Å². The Morgan fingerprint density at radius 3 is 1.02 bits per heavy atom. The third-order valence-corrected chi connectivity index (χ3v) is 14.7. The summed E-state index contributed by atoms with van der Waals surface area (Å²) < 4.78 is 0. The summed E-state index contributed by atoms with van der Waals surface area (Å²) in [5.41, 5.74) is 18.1.